The maximum atomic E-state index is 13.5. The molecule has 3 rings (SSSR count). The fraction of sp³-hybridized carbons (Fsp3) is 0.300. The van der Waals surface area contributed by atoms with Gasteiger partial charge in [-0.1, -0.05) is 6.07 Å². The van der Waals surface area contributed by atoms with Gasteiger partial charge < -0.3 is 14.2 Å². The van der Waals surface area contributed by atoms with Crippen molar-refractivity contribution >= 4 is 22.8 Å². The van der Waals surface area contributed by atoms with Crippen molar-refractivity contribution in [2.45, 2.75) is 19.3 Å². The molecule has 1 aromatic heterocycles. The number of non-ortho nitro benzene ring substituents is 1. The second kappa shape index (κ2) is 9.71. The van der Waals surface area contributed by atoms with Crippen LogP contribution in [0.1, 0.15) is 29.8 Å². The summed E-state index contributed by atoms with van der Waals surface area (Å²) in [6, 6.07) is 6.14. The van der Waals surface area contributed by atoms with Crippen molar-refractivity contribution in [3.8, 4) is 11.5 Å². The third kappa shape index (κ3) is 4.81. The molecule has 3 aromatic rings. The molecule has 2 aromatic carbocycles. The van der Waals surface area contributed by atoms with Crippen LogP contribution in [0.4, 0.5) is 28.0 Å². The van der Waals surface area contributed by atoms with Crippen molar-refractivity contribution in [2.24, 2.45) is 0 Å². The highest BCUT2D eigenvalue weighted by molar-refractivity contribution is 5.94. The standard InChI is InChI=1S/C20H17F4N3O6/c1-31-14-4-3-10(7-15(14)32-2)5-6-33-20(28)26-16-12(25-19(26)18(23)24)8-11(17(21)22)9-13(16)27(29)30/h3-4,7-9,17-18H,5-6H2,1-2H3. The smallest absolute Gasteiger partial charge is 0.420 e. The van der Waals surface area contributed by atoms with E-state index in [4.69, 9.17) is 14.2 Å². The number of nitro benzene ring substituents is 1. The Balaban J connectivity index is 1.93. The number of imidazole rings is 1. The Kier molecular flexibility index (Phi) is 6.99. The number of fused-ring (bicyclic) bond motifs is 1. The normalized spacial score (nSPS) is 11.3. The first kappa shape index (κ1) is 23.8. The van der Waals surface area contributed by atoms with E-state index in [0.717, 1.165) is 0 Å². The van der Waals surface area contributed by atoms with Crippen molar-refractivity contribution in [3.05, 3.63) is 57.4 Å². The molecule has 0 saturated heterocycles. The van der Waals surface area contributed by atoms with Crippen LogP contribution in [0, 0.1) is 10.1 Å². The molecule has 0 bridgehead atoms. The fourth-order valence-corrected chi connectivity index (χ4v) is 3.18. The Morgan fingerprint density at radius 1 is 1.09 bits per heavy atom. The molecule has 13 heteroatoms. The number of nitro groups is 1. The Labute approximate surface area is 183 Å². The lowest BCUT2D eigenvalue weighted by atomic mass is 10.1. The molecule has 0 aliphatic carbocycles. The van der Waals surface area contributed by atoms with E-state index in [1.165, 1.54) is 14.2 Å². The van der Waals surface area contributed by atoms with E-state index in [1.807, 2.05) is 0 Å². The minimum atomic E-state index is -3.33. The number of nitrogens with zero attached hydrogens (tertiary/aromatic N) is 3. The third-order valence-electron chi connectivity index (χ3n) is 4.67. The monoisotopic (exact) mass is 471 g/mol. The van der Waals surface area contributed by atoms with E-state index >= 15 is 0 Å². The zero-order valence-corrected chi connectivity index (χ0v) is 17.3. The molecule has 0 amide bonds. The van der Waals surface area contributed by atoms with Crippen LogP contribution in [0.25, 0.3) is 11.0 Å². The number of alkyl halides is 4. The van der Waals surface area contributed by atoms with Crippen molar-refractivity contribution in [3.63, 3.8) is 0 Å². The van der Waals surface area contributed by atoms with E-state index in [0.29, 0.717) is 29.2 Å². The summed E-state index contributed by atoms with van der Waals surface area (Å²) in [6.45, 7) is -0.278. The van der Waals surface area contributed by atoms with E-state index in [1.54, 1.807) is 18.2 Å². The van der Waals surface area contributed by atoms with Gasteiger partial charge in [0.2, 0.25) is 0 Å². The number of methoxy groups -OCH3 is 2. The second-order valence-electron chi connectivity index (χ2n) is 6.63. The summed E-state index contributed by atoms with van der Waals surface area (Å²) < 4.78 is 68.8. The predicted octanol–water partition coefficient (Wildman–Crippen LogP) is 5.06. The largest absolute Gasteiger partial charge is 0.493 e. The molecular weight excluding hydrogens is 454 g/mol. The molecule has 0 spiro atoms. The molecule has 0 atom stereocenters. The van der Waals surface area contributed by atoms with Gasteiger partial charge in [0, 0.05) is 18.1 Å². The molecule has 1 heterocycles. The number of hydrogen-bond donors (Lipinski definition) is 0. The van der Waals surface area contributed by atoms with Crippen LogP contribution in [-0.4, -0.2) is 41.4 Å². The zero-order chi connectivity index (χ0) is 24.3. The van der Waals surface area contributed by atoms with E-state index in [-0.39, 0.29) is 17.6 Å². The molecule has 0 aliphatic heterocycles. The van der Waals surface area contributed by atoms with Crippen LogP contribution in [-0.2, 0) is 11.2 Å². The van der Waals surface area contributed by atoms with Gasteiger partial charge in [-0.05, 0) is 23.8 Å². The van der Waals surface area contributed by atoms with Gasteiger partial charge in [0.25, 0.3) is 18.5 Å². The van der Waals surface area contributed by atoms with Gasteiger partial charge in [0.1, 0.15) is 0 Å². The maximum Gasteiger partial charge on any atom is 0.420 e. The summed E-state index contributed by atoms with van der Waals surface area (Å²) in [7, 11) is 2.89. The summed E-state index contributed by atoms with van der Waals surface area (Å²) in [5.41, 5.74) is -2.31. The van der Waals surface area contributed by atoms with E-state index < -0.39 is 52.0 Å². The van der Waals surface area contributed by atoms with Gasteiger partial charge >= 0.3 is 6.09 Å². The Hall–Kier alpha value is -3.90. The number of carbonyl (C=O) groups excluding carboxylic acids is 1. The predicted molar refractivity (Wildman–Crippen MR) is 106 cm³/mol. The molecule has 0 radical (unpaired) electrons. The molecule has 0 aliphatic rings. The molecule has 0 fully saturated rings. The van der Waals surface area contributed by atoms with Crippen LogP contribution in [0.2, 0.25) is 0 Å². The molecular formula is C20H17F4N3O6. The van der Waals surface area contributed by atoms with Crippen LogP contribution < -0.4 is 9.47 Å². The number of aromatic nitrogens is 2. The number of halogens is 4. The first-order valence-corrected chi connectivity index (χ1v) is 9.32. The number of rotatable bonds is 8. The Morgan fingerprint density at radius 2 is 1.79 bits per heavy atom. The Bertz CT molecular complexity index is 1200. The van der Waals surface area contributed by atoms with Crippen LogP contribution in [0.15, 0.2) is 30.3 Å². The highest BCUT2D eigenvalue weighted by Gasteiger charge is 2.31. The highest BCUT2D eigenvalue weighted by atomic mass is 19.3. The van der Waals surface area contributed by atoms with Gasteiger partial charge in [-0.3, -0.25) is 10.1 Å². The summed E-state index contributed by atoms with van der Waals surface area (Å²) in [4.78, 5) is 26.4. The van der Waals surface area contributed by atoms with E-state index in [2.05, 4.69) is 4.98 Å². The number of benzene rings is 2. The van der Waals surface area contributed by atoms with Gasteiger partial charge in [-0.2, -0.15) is 0 Å². The lowest BCUT2D eigenvalue weighted by molar-refractivity contribution is -0.383. The van der Waals surface area contributed by atoms with Crippen molar-refractivity contribution in [2.75, 3.05) is 20.8 Å². The molecule has 33 heavy (non-hydrogen) atoms. The van der Waals surface area contributed by atoms with Crippen molar-refractivity contribution < 1.29 is 41.5 Å². The summed E-state index contributed by atoms with van der Waals surface area (Å²) >= 11 is 0. The third-order valence-corrected chi connectivity index (χ3v) is 4.67. The second-order valence-corrected chi connectivity index (χ2v) is 6.63. The maximum absolute atomic E-state index is 13.5. The highest BCUT2D eigenvalue weighted by Crippen LogP contribution is 2.35. The average molecular weight is 471 g/mol. The number of ether oxygens (including phenoxy) is 3. The molecule has 0 N–H and O–H groups in total. The number of hydrogen-bond acceptors (Lipinski definition) is 7. The van der Waals surface area contributed by atoms with Gasteiger partial charge in [0.15, 0.2) is 22.8 Å². The van der Waals surface area contributed by atoms with Crippen LogP contribution in [0.5, 0.6) is 11.5 Å². The van der Waals surface area contributed by atoms with E-state index in [9.17, 15) is 32.5 Å². The van der Waals surface area contributed by atoms with Crippen molar-refractivity contribution in [1.29, 1.82) is 0 Å². The topological polar surface area (TPSA) is 106 Å². The molecule has 176 valence electrons. The first-order chi connectivity index (χ1) is 15.7. The van der Waals surface area contributed by atoms with Gasteiger partial charge in [-0.25, -0.2) is 31.9 Å². The minimum absolute atomic E-state index is 0.153. The summed E-state index contributed by atoms with van der Waals surface area (Å²) in [5, 5.41) is 11.4. The van der Waals surface area contributed by atoms with Crippen LogP contribution >= 0.6 is 0 Å². The lowest BCUT2D eigenvalue weighted by Crippen LogP contribution is -2.19. The minimum Gasteiger partial charge on any atom is -0.493 e. The SMILES string of the molecule is COc1ccc(CCOC(=O)n2c(C(F)F)nc3cc(C(F)F)cc([N+](=O)[O-])c32)cc1OC. The summed E-state index contributed by atoms with van der Waals surface area (Å²) in [6.07, 6.45) is -7.64. The van der Waals surface area contributed by atoms with Gasteiger partial charge in [0.05, 0.1) is 31.3 Å². The van der Waals surface area contributed by atoms with Crippen molar-refractivity contribution in [1.82, 2.24) is 9.55 Å². The molecule has 9 nitrogen and oxygen atoms in total. The zero-order valence-electron chi connectivity index (χ0n) is 17.3. The quantitative estimate of drug-likeness (QED) is 0.257. The lowest BCUT2D eigenvalue weighted by Gasteiger charge is -2.11. The first-order valence-electron chi connectivity index (χ1n) is 9.32. The van der Waals surface area contributed by atoms with Crippen LogP contribution in [0.3, 0.4) is 0 Å². The average Bonchev–Trinajstić information content (AvgIpc) is 3.18. The fourth-order valence-electron chi connectivity index (χ4n) is 3.18. The number of carbonyl (C=O) groups is 1. The Morgan fingerprint density at radius 3 is 2.36 bits per heavy atom. The van der Waals surface area contributed by atoms with Gasteiger partial charge in [-0.15, -0.1) is 0 Å². The summed E-state index contributed by atoms with van der Waals surface area (Å²) in [5.74, 6) is -0.261. The molecule has 0 unspecified atom stereocenters. The molecule has 0 saturated carbocycles.